The van der Waals surface area contributed by atoms with Crippen molar-refractivity contribution in [2.45, 2.75) is 18.2 Å². The highest BCUT2D eigenvalue weighted by molar-refractivity contribution is 5.89. The topological polar surface area (TPSA) is 175 Å². The van der Waals surface area contributed by atoms with E-state index in [1.165, 1.54) is 12.3 Å². The first-order valence-corrected chi connectivity index (χ1v) is 9.38. The van der Waals surface area contributed by atoms with Crippen molar-refractivity contribution in [3.8, 4) is 0 Å². The second-order valence-electron chi connectivity index (χ2n) is 6.62. The number of nitrogens with zero attached hydrogens (tertiary/aromatic N) is 3. The van der Waals surface area contributed by atoms with Gasteiger partial charge in [0.15, 0.2) is 12.2 Å². The van der Waals surface area contributed by atoms with E-state index in [4.69, 9.17) is 9.47 Å². The van der Waals surface area contributed by atoms with Gasteiger partial charge in [-0.05, 0) is 24.3 Å². The van der Waals surface area contributed by atoms with Crippen molar-refractivity contribution in [2.24, 2.45) is 5.10 Å². The highest BCUT2D eigenvalue weighted by atomic mass is 16.6. The minimum Gasteiger partial charge on any atom is -0.450 e. The fourth-order valence-electron chi connectivity index (χ4n) is 2.92. The van der Waals surface area contributed by atoms with Crippen molar-refractivity contribution in [3.05, 3.63) is 87.0 Å². The molecule has 1 fully saturated rings. The van der Waals surface area contributed by atoms with Crippen molar-refractivity contribution in [1.82, 2.24) is 5.32 Å². The third-order valence-electron chi connectivity index (χ3n) is 4.50. The molecule has 13 heteroatoms. The average molecular weight is 455 g/mol. The number of ether oxygens (including phenoxy) is 2. The molecule has 3 rings (SSSR count). The number of nitro benzene ring substituents is 2. The number of anilines is 1. The van der Waals surface area contributed by atoms with Crippen LogP contribution in [0, 0.1) is 20.2 Å². The van der Waals surface area contributed by atoms with Crippen LogP contribution in [0.4, 0.5) is 21.9 Å². The molecule has 0 bridgehead atoms. The Balaban J connectivity index is 1.73. The largest absolute Gasteiger partial charge is 0.450 e. The fourth-order valence-corrected chi connectivity index (χ4v) is 2.92. The van der Waals surface area contributed by atoms with Crippen LogP contribution < -0.4 is 10.7 Å². The zero-order valence-corrected chi connectivity index (χ0v) is 16.8. The number of benzene rings is 2. The highest BCUT2D eigenvalue weighted by Crippen LogP contribution is 2.29. The zero-order chi connectivity index (χ0) is 24.0. The van der Waals surface area contributed by atoms with Crippen molar-refractivity contribution >= 4 is 35.3 Å². The van der Waals surface area contributed by atoms with E-state index in [1.807, 2.05) is 0 Å². The second-order valence-corrected chi connectivity index (χ2v) is 6.62. The Morgan fingerprint density at radius 1 is 1.21 bits per heavy atom. The Labute approximate surface area is 186 Å². The molecule has 1 aliphatic rings. The van der Waals surface area contributed by atoms with Crippen LogP contribution in [0.3, 0.4) is 0 Å². The Morgan fingerprint density at radius 3 is 2.58 bits per heavy atom. The number of cyclic esters (lactones) is 1. The van der Waals surface area contributed by atoms with Gasteiger partial charge in [0.25, 0.3) is 5.69 Å². The van der Waals surface area contributed by atoms with E-state index < -0.39 is 51.5 Å². The molecule has 0 radical (unpaired) electrons. The van der Waals surface area contributed by atoms with Crippen LogP contribution in [0.15, 0.2) is 66.3 Å². The number of esters is 1. The molecule has 2 aromatic rings. The van der Waals surface area contributed by atoms with E-state index in [9.17, 15) is 29.8 Å². The monoisotopic (exact) mass is 455 g/mol. The van der Waals surface area contributed by atoms with E-state index in [2.05, 4.69) is 22.4 Å². The Morgan fingerprint density at radius 2 is 1.94 bits per heavy atom. The van der Waals surface area contributed by atoms with Gasteiger partial charge >= 0.3 is 17.7 Å². The molecule has 13 nitrogen and oxygen atoms in total. The van der Waals surface area contributed by atoms with Gasteiger partial charge in [-0.25, -0.2) is 9.59 Å². The van der Waals surface area contributed by atoms with E-state index in [1.54, 1.807) is 30.3 Å². The average Bonchev–Trinajstić information content (AvgIpc) is 3.17. The number of hydrogen-bond acceptors (Lipinski definition) is 10. The maximum Gasteiger partial charge on any atom is 0.408 e. The van der Waals surface area contributed by atoms with Gasteiger partial charge in [-0.2, -0.15) is 5.10 Å². The van der Waals surface area contributed by atoms with Crippen LogP contribution in [-0.2, 0) is 9.47 Å². The molecule has 0 aliphatic carbocycles. The Hall–Kier alpha value is -4.81. The number of carbonyl (C=O) groups is 2. The minimum absolute atomic E-state index is 0.112. The van der Waals surface area contributed by atoms with Crippen molar-refractivity contribution in [2.75, 3.05) is 5.43 Å². The van der Waals surface area contributed by atoms with Gasteiger partial charge in [0.2, 0.25) is 0 Å². The van der Waals surface area contributed by atoms with Crippen LogP contribution in [0.2, 0.25) is 0 Å². The summed E-state index contributed by atoms with van der Waals surface area (Å²) in [5.74, 6) is -0.654. The van der Waals surface area contributed by atoms with Gasteiger partial charge in [-0.3, -0.25) is 25.7 Å². The molecule has 2 aromatic carbocycles. The number of rotatable bonds is 9. The summed E-state index contributed by atoms with van der Waals surface area (Å²) >= 11 is 0. The third-order valence-corrected chi connectivity index (χ3v) is 4.50. The number of nitrogens with one attached hydrogen (secondary N) is 2. The summed E-state index contributed by atoms with van der Waals surface area (Å²) in [4.78, 5) is 44.6. The molecule has 1 heterocycles. The summed E-state index contributed by atoms with van der Waals surface area (Å²) in [6, 6.07) is 10.3. The van der Waals surface area contributed by atoms with Crippen LogP contribution in [0.25, 0.3) is 0 Å². The standard InChI is InChI=1S/C20H17N5O8/c1-2-17(32-19(26)12-6-4-3-5-7-12)18-15(22-20(27)33-18)11-21-23-14-9-8-13(24(28)29)10-16(14)25(30)31/h2-11,15,17-18,23H,1H2,(H,22,27)/b21-11+/t15-,17+,18-/m0/s1. The van der Waals surface area contributed by atoms with Crippen molar-refractivity contribution in [3.63, 3.8) is 0 Å². The van der Waals surface area contributed by atoms with Crippen LogP contribution in [0.5, 0.6) is 0 Å². The molecule has 0 spiro atoms. The van der Waals surface area contributed by atoms with Crippen molar-refractivity contribution < 1.29 is 28.9 Å². The summed E-state index contributed by atoms with van der Waals surface area (Å²) in [6.45, 7) is 3.61. The second kappa shape index (κ2) is 10.00. The predicted octanol–water partition coefficient (Wildman–Crippen LogP) is 2.79. The number of amides is 1. The summed E-state index contributed by atoms with van der Waals surface area (Å²) in [6.07, 6.45) is -0.350. The normalized spacial score (nSPS) is 18.1. The molecule has 0 unspecified atom stereocenters. The lowest BCUT2D eigenvalue weighted by molar-refractivity contribution is -0.393. The van der Waals surface area contributed by atoms with E-state index >= 15 is 0 Å². The molecule has 33 heavy (non-hydrogen) atoms. The Kier molecular flexibility index (Phi) is 6.93. The number of carbonyl (C=O) groups excluding carboxylic acids is 2. The van der Waals surface area contributed by atoms with Gasteiger partial charge in [0, 0.05) is 6.07 Å². The summed E-state index contributed by atoms with van der Waals surface area (Å²) in [5.41, 5.74) is 1.57. The SMILES string of the molecule is C=C[C@@H](OC(=O)c1ccccc1)[C@H]1OC(=O)N[C@H]1/C=N/Nc1ccc([N+](=O)[O-])cc1[N+](=O)[O-]. The summed E-state index contributed by atoms with van der Waals surface area (Å²) in [5, 5.41) is 28.4. The first kappa shape index (κ1) is 22.9. The molecule has 1 saturated heterocycles. The third kappa shape index (κ3) is 5.46. The number of hydrogen-bond donors (Lipinski definition) is 2. The molecule has 3 atom stereocenters. The summed E-state index contributed by atoms with van der Waals surface area (Å²) < 4.78 is 10.6. The molecule has 1 amide bonds. The lowest BCUT2D eigenvalue weighted by Crippen LogP contribution is -2.41. The quantitative estimate of drug-likeness (QED) is 0.189. The molecular weight excluding hydrogens is 438 g/mol. The van der Waals surface area contributed by atoms with Crippen LogP contribution >= 0.6 is 0 Å². The van der Waals surface area contributed by atoms with E-state index in [0.29, 0.717) is 5.56 Å². The lowest BCUT2D eigenvalue weighted by atomic mass is 10.1. The van der Waals surface area contributed by atoms with E-state index in [-0.39, 0.29) is 5.69 Å². The number of non-ortho nitro benzene ring substituents is 1. The maximum atomic E-state index is 12.3. The molecule has 2 N–H and O–H groups in total. The van der Waals surface area contributed by atoms with Gasteiger partial charge in [-0.15, -0.1) is 0 Å². The number of nitro groups is 2. The minimum atomic E-state index is -1.03. The fraction of sp³-hybridized carbons (Fsp3) is 0.150. The van der Waals surface area contributed by atoms with Gasteiger partial charge in [-0.1, -0.05) is 24.8 Å². The summed E-state index contributed by atoms with van der Waals surface area (Å²) in [7, 11) is 0. The smallest absolute Gasteiger partial charge is 0.408 e. The highest BCUT2D eigenvalue weighted by Gasteiger charge is 2.40. The zero-order valence-electron chi connectivity index (χ0n) is 16.8. The first-order chi connectivity index (χ1) is 15.8. The Bertz CT molecular complexity index is 1120. The maximum absolute atomic E-state index is 12.3. The van der Waals surface area contributed by atoms with Gasteiger partial charge in [0.1, 0.15) is 11.7 Å². The van der Waals surface area contributed by atoms with E-state index in [0.717, 1.165) is 18.2 Å². The number of alkyl carbamates (subject to hydrolysis) is 1. The first-order valence-electron chi connectivity index (χ1n) is 9.38. The van der Waals surface area contributed by atoms with Crippen molar-refractivity contribution in [1.29, 1.82) is 0 Å². The molecular formula is C20H17N5O8. The van der Waals surface area contributed by atoms with Gasteiger partial charge in [0.05, 0.1) is 27.7 Å². The number of hydrazone groups is 1. The molecule has 170 valence electrons. The van der Waals surface area contributed by atoms with Crippen LogP contribution in [0.1, 0.15) is 10.4 Å². The molecule has 0 aromatic heterocycles. The predicted molar refractivity (Wildman–Crippen MR) is 115 cm³/mol. The lowest BCUT2D eigenvalue weighted by Gasteiger charge is -2.21. The van der Waals surface area contributed by atoms with Crippen LogP contribution in [-0.4, -0.2) is 46.4 Å². The molecule has 0 saturated carbocycles. The van der Waals surface area contributed by atoms with Gasteiger partial charge < -0.3 is 14.8 Å². The molecule has 1 aliphatic heterocycles.